The molecule has 1 atom stereocenters. The lowest BCUT2D eigenvalue weighted by Crippen LogP contribution is -2.05. The highest BCUT2D eigenvalue weighted by Crippen LogP contribution is 2.29. The van der Waals surface area contributed by atoms with Gasteiger partial charge in [-0.2, -0.15) is 0 Å². The second-order valence-corrected chi connectivity index (χ2v) is 4.75. The van der Waals surface area contributed by atoms with Gasteiger partial charge in [0.2, 0.25) is 0 Å². The summed E-state index contributed by atoms with van der Waals surface area (Å²) in [6.45, 7) is 2.56. The lowest BCUT2D eigenvalue weighted by molar-refractivity contribution is 0.146. The van der Waals surface area contributed by atoms with Gasteiger partial charge in [0.25, 0.3) is 0 Å². The number of benzene rings is 2. The first-order valence-electron chi connectivity index (χ1n) is 6.76. The Morgan fingerprint density at radius 3 is 2.85 bits per heavy atom. The van der Waals surface area contributed by atoms with Crippen LogP contribution in [0.2, 0.25) is 0 Å². The van der Waals surface area contributed by atoms with E-state index in [2.05, 4.69) is 6.07 Å². The highest BCUT2D eigenvalue weighted by atomic mass is 16.6. The van der Waals surface area contributed by atoms with E-state index in [1.165, 1.54) is 0 Å². The maximum Gasteiger partial charge on any atom is 0.127 e. The Kier molecular flexibility index (Phi) is 4.04. The molecular weight excluding hydrogens is 256 g/mol. The molecule has 1 heterocycles. The van der Waals surface area contributed by atoms with Crippen molar-refractivity contribution in [2.45, 2.75) is 6.10 Å². The lowest BCUT2D eigenvalue weighted by atomic mass is 10.1. The van der Waals surface area contributed by atoms with E-state index in [1.807, 2.05) is 30.3 Å². The van der Waals surface area contributed by atoms with Crippen molar-refractivity contribution in [3.05, 3.63) is 36.4 Å². The van der Waals surface area contributed by atoms with Crippen LogP contribution in [0.25, 0.3) is 10.8 Å². The van der Waals surface area contributed by atoms with Crippen LogP contribution in [0.5, 0.6) is 11.5 Å². The van der Waals surface area contributed by atoms with E-state index in [4.69, 9.17) is 18.9 Å². The molecule has 1 aliphatic heterocycles. The van der Waals surface area contributed by atoms with Crippen molar-refractivity contribution in [3.63, 3.8) is 0 Å². The van der Waals surface area contributed by atoms with Crippen LogP contribution in [0.1, 0.15) is 0 Å². The van der Waals surface area contributed by atoms with E-state index < -0.39 is 0 Å². The van der Waals surface area contributed by atoms with E-state index in [0.29, 0.717) is 19.8 Å². The predicted molar refractivity (Wildman–Crippen MR) is 76.6 cm³/mol. The monoisotopic (exact) mass is 274 g/mol. The highest BCUT2D eigenvalue weighted by Gasteiger charge is 2.23. The van der Waals surface area contributed by atoms with Crippen LogP contribution < -0.4 is 9.47 Å². The van der Waals surface area contributed by atoms with Gasteiger partial charge in [-0.1, -0.05) is 12.1 Å². The molecule has 0 bridgehead atoms. The van der Waals surface area contributed by atoms with Crippen LogP contribution in [0.3, 0.4) is 0 Å². The lowest BCUT2D eigenvalue weighted by Gasteiger charge is -2.10. The molecule has 1 fully saturated rings. The SMILES string of the molecule is COCCOc1ccc2c(OCC3CO3)cccc2c1. The fourth-order valence-corrected chi connectivity index (χ4v) is 2.04. The number of hydrogen-bond donors (Lipinski definition) is 0. The summed E-state index contributed by atoms with van der Waals surface area (Å²) in [6, 6.07) is 12.0. The molecule has 0 aromatic heterocycles. The molecule has 0 N–H and O–H groups in total. The third-order valence-corrected chi connectivity index (χ3v) is 3.20. The van der Waals surface area contributed by atoms with Gasteiger partial charge in [0.1, 0.15) is 30.8 Å². The minimum Gasteiger partial charge on any atom is -0.491 e. The molecule has 3 rings (SSSR count). The van der Waals surface area contributed by atoms with Crippen molar-refractivity contribution >= 4 is 10.8 Å². The minimum atomic E-state index is 0.266. The molecule has 0 radical (unpaired) electrons. The Hall–Kier alpha value is -1.78. The average molecular weight is 274 g/mol. The van der Waals surface area contributed by atoms with Gasteiger partial charge in [0.15, 0.2) is 0 Å². The molecule has 1 unspecified atom stereocenters. The van der Waals surface area contributed by atoms with E-state index >= 15 is 0 Å². The number of hydrogen-bond acceptors (Lipinski definition) is 4. The zero-order valence-corrected chi connectivity index (χ0v) is 11.5. The first-order chi connectivity index (χ1) is 9.86. The number of fused-ring (bicyclic) bond motifs is 1. The summed E-state index contributed by atoms with van der Waals surface area (Å²) in [6.07, 6.45) is 0.266. The molecular formula is C16H18O4. The largest absolute Gasteiger partial charge is 0.491 e. The Morgan fingerprint density at radius 2 is 2.05 bits per heavy atom. The first kappa shape index (κ1) is 13.2. The summed E-state index contributed by atoms with van der Waals surface area (Å²) in [4.78, 5) is 0. The standard InChI is InChI=1S/C16H18O4/c1-17-7-8-18-13-5-6-15-12(9-13)3-2-4-16(15)20-11-14-10-19-14/h2-6,9,14H,7-8,10-11H2,1H3. The molecule has 2 aromatic carbocycles. The van der Waals surface area contributed by atoms with Gasteiger partial charge < -0.3 is 18.9 Å². The highest BCUT2D eigenvalue weighted by molar-refractivity contribution is 5.89. The molecule has 0 aliphatic carbocycles. The fourth-order valence-electron chi connectivity index (χ4n) is 2.04. The minimum absolute atomic E-state index is 0.266. The van der Waals surface area contributed by atoms with Gasteiger partial charge in [-0.15, -0.1) is 0 Å². The third-order valence-electron chi connectivity index (χ3n) is 3.20. The van der Waals surface area contributed by atoms with E-state index in [9.17, 15) is 0 Å². The summed E-state index contributed by atoms with van der Waals surface area (Å²) in [5.41, 5.74) is 0. The van der Waals surface area contributed by atoms with Crippen LogP contribution in [0.15, 0.2) is 36.4 Å². The molecule has 20 heavy (non-hydrogen) atoms. The molecule has 0 amide bonds. The van der Waals surface area contributed by atoms with Crippen molar-refractivity contribution < 1.29 is 18.9 Å². The van der Waals surface area contributed by atoms with Crippen LogP contribution >= 0.6 is 0 Å². The van der Waals surface area contributed by atoms with Gasteiger partial charge in [-0.3, -0.25) is 0 Å². The van der Waals surface area contributed by atoms with Gasteiger partial charge in [0, 0.05) is 12.5 Å². The number of ether oxygens (including phenoxy) is 4. The van der Waals surface area contributed by atoms with Crippen LogP contribution in [0, 0.1) is 0 Å². The molecule has 106 valence electrons. The van der Waals surface area contributed by atoms with Gasteiger partial charge in [-0.25, -0.2) is 0 Å². The van der Waals surface area contributed by atoms with E-state index in [-0.39, 0.29) is 6.10 Å². The fraction of sp³-hybridized carbons (Fsp3) is 0.375. The molecule has 0 spiro atoms. The van der Waals surface area contributed by atoms with Crippen molar-refractivity contribution in [1.82, 2.24) is 0 Å². The average Bonchev–Trinajstić information content (AvgIpc) is 3.29. The van der Waals surface area contributed by atoms with Gasteiger partial charge in [0.05, 0.1) is 13.2 Å². The van der Waals surface area contributed by atoms with Crippen molar-refractivity contribution in [2.24, 2.45) is 0 Å². The van der Waals surface area contributed by atoms with E-state index in [1.54, 1.807) is 7.11 Å². The summed E-state index contributed by atoms with van der Waals surface area (Å²) < 4.78 is 21.5. The predicted octanol–water partition coefficient (Wildman–Crippen LogP) is 2.64. The van der Waals surface area contributed by atoms with Crippen LogP contribution in [-0.2, 0) is 9.47 Å². The first-order valence-corrected chi connectivity index (χ1v) is 6.76. The summed E-state index contributed by atoms with van der Waals surface area (Å²) in [5, 5.41) is 2.20. The third kappa shape index (κ3) is 3.21. The van der Waals surface area contributed by atoms with Crippen LogP contribution in [0.4, 0.5) is 0 Å². The second kappa shape index (κ2) is 6.11. The van der Waals surface area contributed by atoms with E-state index in [0.717, 1.165) is 28.9 Å². The van der Waals surface area contributed by atoms with Gasteiger partial charge >= 0.3 is 0 Å². The maximum absolute atomic E-state index is 5.80. The summed E-state index contributed by atoms with van der Waals surface area (Å²) in [5.74, 6) is 1.73. The second-order valence-electron chi connectivity index (χ2n) is 4.75. The molecule has 4 heteroatoms. The number of methoxy groups -OCH3 is 1. The van der Waals surface area contributed by atoms with Crippen LogP contribution in [-0.4, -0.2) is 39.6 Å². The van der Waals surface area contributed by atoms with Crippen molar-refractivity contribution in [2.75, 3.05) is 33.5 Å². The molecule has 0 saturated carbocycles. The number of rotatable bonds is 7. The summed E-state index contributed by atoms with van der Waals surface area (Å²) in [7, 11) is 1.66. The normalized spacial score (nSPS) is 17.1. The van der Waals surface area contributed by atoms with Crippen molar-refractivity contribution in [1.29, 1.82) is 0 Å². The topological polar surface area (TPSA) is 40.2 Å². The summed E-state index contributed by atoms with van der Waals surface area (Å²) >= 11 is 0. The quantitative estimate of drug-likeness (QED) is 0.575. The Morgan fingerprint density at radius 1 is 1.15 bits per heavy atom. The van der Waals surface area contributed by atoms with Crippen molar-refractivity contribution in [3.8, 4) is 11.5 Å². The molecule has 1 aliphatic rings. The zero-order valence-electron chi connectivity index (χ0n) is 11.5. The zero-order chi connectivity index (χ0) is 13.8. The molecule has 1 saturated heterocycles. The Labute approximate surface area is 118 Å². The molecule has 4 nitrogen and oxygen atoms in total. The molecule has 2 aromatic rings. The Balaban J connectivity index is 1.75. The number of epoxide rings is 1. The Bertz CT molecular complexity index is 578. The smallest absolute Gasteiger partial charge is 0.127 e. The maximum atomic E-state index is 5.80. The van der Waals surface area contributed by atoms with Gasteiger partial charge in [-0.05, 0) is 29.7 Å².